The molecule has 0 spiro atoms. The zero-order valence-corrected chi connectivity index (χ0v) is 21.5. The maximum atomic E-state index is 5.02. The van der Waals surface area contributed by atoms with Crippen molar-refractivity contribution >= 4 is 34.4 Å². The van der Waals surface area contributed by atoms with E-state index in [1.807, 2.05) is 41.1 Å². The molecule has 0 aliphatic heterocycles. The van der Waals surface area contributed by atoms with E-state index >= 15 is 0 Å². The first-order valence-electron chi connectivity index (χ1n) is 12.8. The van der Waals surface area contributed by atoms with Crippen LogP contribution in [0.1, 0.15) is 29.3 Å². The van der Waals surface area contributed by atoms with Crippen LogP contribution < -0.4 is 5.32 Å². The lowest BCUT2D eigenvalue weighted by Gasteiger charge is -2.14. The van der Waals surface area contributed by atoms with Gasteiger partial charge in [-0.2, -0.15) is 5.10 Å². The minimum absolute atomic E-state index is 0.705. The van der Waals surface area contributed by atoms with E-state index in [1.165, 1.54) is 16.7 Å². The normalized spacial score (nSPS) is 11.7. The van der Waals surface area contributed by atoms with Crippen molar-refractivity contribution in [1.29, 1.82) is 0 Å². The summed E-state index contributed by atoms with van der Waals surface area (Å²) >= 11 is 0. The van der Waals surface area contributed by atoms with Crippen molar-refractivity contribution in [2.24, 2.45) is 0 Å². The van der Waals surface area contributed by atoms with Gasteiger partial charge in [-0.15, -0.1) is 0 Å². The molecule has 1 N–H and O–H groups in total. The number of fused-ring (bicyclic) bond motifs is 1. The summed E-state index contributed by atoms with van der Waals surface area (Å²) in [6.45, 7) is 4.90. The molecule has 0 amide bonds. The van der Waals surface area contributed by atoms with Gasteiger partial charge in [0.15, 0.2) is 0 Å². The van der Waals surface area contributed by atoms with Crippen LogP contribution in [0.4, 0.5) is 11.8 Å². The molecular formula is C33H29N5. The van der Waals surface area contributed by atoms with Crippen LogP contribution in [-0.4, -0.2) is 19.3 Å². The Morgan fingerprint density at radius 1 is 0.789 bits per heavy atom. The lowest BCUT2D eigenvalue weighted by molar-refractivity contribution is 0.824. The summed E-state index contributed by atoms with van der Waals surface area (Å²) in [5.41, 5.74) is 8.56. The highest BCUT2D eigenvalue weighted by molar-refractivity contribution is 5.86. The Morgan fingerprint density at radius 2 is 1.42 bits per heavy atom. The average Bonchev–Trinajstić information content (AvgIpc) is 3.47. The Bertz CT molecular complexity index is 1710. The molecule has 6 aromatic rings. The van der Waals surface area contributed by atoms with Gasteiger partial charge < -0.3 is 9.88 Å². The summed E-state index contributed by atoms with van der Waals surface area (Å²) in [5.74, 6) is 1.66. The van der Waals surface area contributed by atoms with Crippen LogP contribution in [0.2, 0.25) is 0 Å². The van der Waals surface area contributed by atoms with Crippen molar-refractivity contribution in [2.45, 2.75) is 20.4 Å². The molecule has 0 unspecified atom stereocenters. The highest BCUT2D eigenvalue weighted by Gasteiger charge is 2.19. The van der Waals surface area contributed by atoms with Crippen LogP contribution in [0.15, 0.2) is 115 Å². The SMILES string of the molecule is CC(=Cc1c(C)nn(-c2ccccc2)c1Nc1nc2ccccc2n1Cc1ccccc1)c1ccccc1. The number of nitrogens with one attached hydrogen (secondary N) is 1. The number of allylic oxidation sites excluding steroid dienone is 1. The van der Waals surface area contributed by atoms with Gasteiger partial charge >= 0.3 is 0 Å². The van der Waals surface area contributed by atoms with Crippen molar-refractivity contribution in [3.05, 3.63) is 138 Å². The lowest BCUT2D eigenvalue weighted by atomic mass is 10.0. The molecule has 0 radical (unpaired) electrons. The predicted octanol–water partition coefficient (Wildman–Crippen LogP) is 7.88. The van der Waals surface area contributed by atoms with E-state index in [4.69, 9.17) is 10.1 Å². The smallest absolute Gasteiger partial charge is 0.209 e. The summed E-state index contributed by atoms with van der Waals surface area (Å²) in [6.07, 6.45) is 2.21. The van der Waals surface area contributed by atoms with Crippen LogP contribution in [-0.2, 0) is 6.54 Å². The second kappa shape index (κ2) is 10.2. The third kappa shape index (κ3) is 4.62. The number of aromatic nitrogens is 4. The summed E-state index contributed by atoms with van der Waals surface area (Å²) < 4.78 is 4.21. The largest absolute Gasteiger partial charge is 0.310 e. The fraction of sp³-hybridized carbons (Fsp3) is 0.0909. The van der Waals surface area contributed by atoms with E-state index in [0.29, 0.717) is 6.54 Å². The second-order valence-electron chi connectivity index (χ2n) is 9.41. The number of hydrogen-bond acceptors (Lipinski definition) is 3. The van der Waals surface area contributed by atoms with E-state index in [-0.39, 0.29) is 0 Å². The van der Waals surface area contributed by atoms with Crippen LogP contribution in [0.25, 0.3) is 28.4 Å². The molecule has 2 heterocycles. The van der Waals surface area contributed by atoms with Gasteiger partial charge in [0, 0.05) is 5.56 Å². The molecule has 186 valence electrons. The number of para-hydroxylation sites is 3. The van der Waals surface area contributed by atoms with Gasteiger partial charge in [-0.05, 0) is 60.9 Å². The first-order chi connectivity index (χ1) is 18.7. The summed E-state index contributed by atoms with van der Waals surface area (Å²) in [4.78, 5) is 5.02. The first-order valence-corrected chi connectivity index (χ1v) is 12.8. The van der Waals surface area contributed by atoms with Gasteiger partial charge in [0.05, 0.1) is 29.0 Å². The third-order valence-corrected chi connectivity index (χ3v) is 6.77. The minimum atomic E-state index is 0.705. The van der Waals surface area contributed by atoms with Crippen molar-refractivity contribution in [3.8, 4) is 5.69 Å². The fourth-order valence-electron chi connectivity index (χ4n) is 4.79. The Labute approximate surface area is 222 Å². The molecule has 0 bridgehead atoms. The zero-order valence-electron chi connectivity index (χ0n) is 21.5. The number of benzene rings is 4. The van der Waals surface area contributed by atoms with E-state index in [9.17, 15) is 0 Å². The Balaban J connectivity index is 1.51. The number of nitrogens with zero attached hydrogens (tertiary/aromatic N) is 4. The molecule has 0 saturated heterocycles. The number of anilines is 2. The minimum Gasteiger partial charge on any atom is -0.310 e. The maximum Gasteiger partial charge on any atom is 0.209 e. The molecule has 0 aliphatic rings. The van der Waals surface area contributed by atoms with Crippen molar-refractivity contribution in [1.82, 2.24) is 19.3 Å². The summed E-state index contributed by atoms with van der Waals surface area (Å²) in [6, 6.07) is 39.4. The predicted molar refractivity (Wildman–Crippen MR) is 157 cm³/mol. The van der Waals surface area contributed by atoms with Crippen LogP contribution in [0.5, 0.6) is 0 Å². The molecule has 5 nitrogen and oxygen atoms in total. The van der Waals surface area contributed by atoms with Gasteiger partial charge in [-0.1, -0.05) is 91.0 Å². The molecule has 2 aromatic heterocycles. The van der Waals surface area contributed by atoms with Gasteiger partial charge in [0.25, 0.3) is 0 Å². The van der Waals surface area contributed by atoms with E-state index in [0.717, 1.165) is 39.7 Å². The van der Waals surface area contributed by atoms with Crippen LogP contribution in [0.3, 0.4) is 0 Å². The second-order valence-corrected chi connectivity index (χ2v) is 9.41. The quantitative estimate of drug-likeness (QED) is 0.245. The monoisotopic (exact) mass is 495 g/mol. The summed E-state index contributed by atoms with van der Waals surface area (Å²) in [5, 5.41) is 8.67. The average molecular weight is 496 g/mol. The van der Waals surface area contributed by atoms with E-state index in [2.05, 4.69) is 109 Å². The molecule has 0 aliphatic carbocycles. The highest BCUT2D eigenvalue weighted by Crippen LogP contribution is 2.32. The molecular weight excluding hydrogens is 466 g/mol. The van der Waals surface area contributed by atoms with E-state index < -0.39 is 0 Å². The molecule has 0 atom stereocenters. The Kier molecular flexibility index (Phi) is 6.32. The van der Waals surface area contributed by atoms with Crippen molar-refractivity contribution in [3.63, 3.8) is 0 Å². The van der Waals surface area contributed by atoms with Gasteiger partial charge in [-0.3, -0.25) is 0 Å². The van der Waals surface area contributed by atoms with Crippen molar-refractivity contribution in [2.75, 3.05) is 5.32 Å². The number of imidazole rings is 1. The Hall–Kier alpha value is -4.90. The topological polar surface area (TPSA) is 47.7 Å². The molecule has 4 aromatic carbocycles. The van der Waals surface area contributed by atoms with Gasteiger partial charge in [0.1, 0.15) is 5.82 Å². The van der Waals surface area contributed by atoms with Gasteiger partial charge in [0.2, 0.25) is 5.95 Å². The molecule has 0 fully saturated rings. The summed E-state index contributed by atoms with van der Waals surface area (Å²) in [7, 11) is 0. The van der Waals surface area contributed by atoms with Gasteiger partial charge in [-0.25, -0.2) is 9.67 Å². The van der Waals surface area contributed by atoms with Crippen LogP contribution in [0, 0.1) is 6.92 Å². The van der Waals surface area contributed by atoms with E-state index in [1.54, 1.807) is 0 Å². The van der Waals surface area contributed by atoms with Crippen molar-refractivity contribution < 1.29 is 0 Å². The first kappa shape index (κ1) is 23.5. The standard InChI is InChI=1S/C33H29N5/c1-24(27-16-8-4-9-17-27)22-29-25(2)36-38(28-18-10-5-11-19-28)32(29)35-33-34-30-20-12-13-21-31(30)37(33)23-26-14-6-3-7-15-26/h3-22H,23H2,1-2H3,(H,34,35). The Morgan fingerprint density at radius 3 is 2.16 bits per heavy atom. The fourth-order valence-corrected chi connectivity index (χ4v) is 4.79. The maximum absolute atomic E-state index is 5.02. The lowest BCUT2D eigenvalue weighted by Crippen LogP contribution is -2.09. The molecule has 0 saturated carbocycles. The molecule has 5 heteroatoms. The molecule has 6 rings (SSSR count). The number of aryl methyl sites for hydroxylation is 1. The van der Waals surface area contributed by atoms with Crippen LogP contribution >= 0.6 is 0 Å². The molecule has 38 heavy (non-hydrogen) atoms. The highest BCUT2D eigenvalue weighted by atomic mass is 15.4. The number of hydrogen-bond donors (Lipinski definition) is 1. The number of rotatable bonds is 7. The third-order valence-electron chi connectivity index (χ3n) is 6.77. The zero-order chi connectivity index (χ0) is 25.9.